The van der Waals surface area contributed by atoms with Crippen LogP contribution >= 0.6 is 0 Å². The Labute approximate surface area is 49.4 Å². The minimum atomic E-state index is -2.75. The van der Waals surface area contributed by atoms with Crippen molar-refractivity contribution < 1.29 is 12.6 Å². The SMILES string of the molecule is C=CC=CO[SH](=O)=O. The second-order valence-electron chi connectivity index (χ2n) is 0.893. The standard InChI is InChI=1S/C4H6O3S/c1-2-3-4-7-8(5)6/h2-4,8H,1H2. The Hall–Kier alpha value is -0.770. The quantitative estimate of drug-likeness (QED) is 0.341. The van der Waals surface area contributed by atoms with Gasteiger partial charge in [-0.15, -0.1) is 0 Å². The molecule has 8 heavy (non-hydrogen) atoms. The maximum absolute atomic E-state index is 9.60. The lowest BCUT2D eigenvalue weighted by atomic mass is 10.6. The van der Waals surface area contributed by atoms with E-state index in [0.717, 1.165) is 6.26 Å². The molecule has 0 rings (SSSR count). The van der Waals surface area contributed by atoms with Gasteiger partial charge in [0.25, 0.3) is 11.0 Å². The summed E-state index contributed by atoms with van der Waals surface area (Å²) in [6.45, 7) is 3.29. The van der Waals surface area contributed by atoms with Crippen molar-refractivity contribution in [2.75, 3.05) is 0 Å². The van der Waals surface area contributed by atoms with Gasteiger partial charge in [-0.25, -0.2) is 0 Å². The summed E-state index contributed by atoms with van der Waals surface area (Å²) >= 11 is 0. The van der Waals surface area contributed by atoms with Crippen molar-refractivity contribution in [2.24, 2.45) is 0 Å². The third-order valence-electron chi connectivity index (χ3n) is 0.362. The fraction of sp³-hybridized carbons (Fsp3) is 0. The van der Waals surface area contributed by atoms with E-state index in [2.05, 4.69) is 10.8 Å². The van der Waals surface area contributed by atoms with Crippen LogP contribution < -0.4 is 0 Å². The predicted octanol–water partition coefficient (Wildman–Crippen LogP) is 0.229. The molecule has 0 aromatic rings. The summed E-state index contributed by atoms with van der Waals surface area (Å²) in [5.74, 6) is 0. The molecule has 0 unspecified atom stereocenters. The van der Waals surface area contributed by atoms with Crippen molar-refractivity contribution in [3.8, 4) is 0 Å². The molecule has 0 heterocycles. The van der Waals surface area contributed by atoms with Gasteiger partial charge in [0.1, 0.15) is 6.26 Å². The third-order valence-corrected chi connectivity index (χ3v) is 0.655. The highest BCUT2D eigenvalue weighted by atomic mass is 32.2. The van der Waals surface area contributed by atoms with Gasteiger partial charge in [-0.2, -0.15) is 8.42 Å². The Balaban J connectivity index is 3.44. The summed E-state index contributed by atoms with van der Waals surface area (Å²) in [6, 6.07) is 0. The summed E-state index contributed by atoms with van der Waals surface area (Å²) < 4.78 is 23.2. The maximum atomic E-state index is 9.60. The van der Waals surface area contributed by atoms with Crippen LogP contribution in [0.2, 0.25) is 0 Å². The fourth-order valence-electron chi connectivity index (χ4n) is 0.140. The van der Waals surface area contributed by atoms with E-state index in [1.54, 1.807) is 0 Å². The van der Waals surface area contributed by atoms with E-state index >= 15 is 0 Å². The Bertz CT molecular complexity index is 149. The number of hydrogen-bond acceptors (Lipinski definition) is 3. The molecule has 0 aromatic heterocycles. The van der Waals surface area contributed by atoms with Crippen molar-refractivity contribution >= 4 is 11.0 Å². The van der Waals surface area contributed by atoms with Gasteiger partial charge in [-0.3, -0.25) is 0 Å². The monoisotopic (exact) mass is 134 g/mol. The van der Waals surface area contributed by atoms with Crippen LogP contribution in [0.15, 0.2) is 25.0 Å². The largest absolute Gasteiger partial charge is 0.392 e. The lowest BCUT2D eigenvalue weighted by Crippen LogP contribution is -1.73. The molecule has 0 aliphatic heterocycles. The molecule has 0 atom stereocenters. The Morgan fingerprint density at radius 2 is 2.12 bits per heavy atom. The van der Waals surface area contributed by atoms with Crippen LogP contribution in [0.25, 0.3) is 0 Å². The van der Waals surface area contributed by atoms with Gasteiger partial charge in [-0.1, -0.05) is 12.7 Å². The van der Waals surface area contributed by atoms with Crippen LogP contribution in [-0.4, -0.2) is 8.42 Å². The maximum Gasteiger partial charge on any atom is 0.298 e. The van der Waals surface area contributed by atoms with Crippen LogP contribution in [0.5, 0.6) is 0 Å². The molecule has 0 fully saturated rings. The van der Waals surface area contributed by atoms with Crippen LogP contribution in [-0.2, 0) is 15.2 Å². The van der Waals surface area contributed by atoms with Gasteiger partial charge >= 0.3 is 0 Å². The molecule has 0 spiro atoms. The topological polar surface area (TPSA) is 43.4 Å². The minimum Gasteiger partial charge on any atom is -0.392 e. The van der Waals surface area contributed by atoms with Crippen molar-refractivity contribution in [3.05, 3.63) is 25.0 Å². The zero-order valence-electron chi connectivity index (χ0n) is 4.11. The minimum absolute atomic E-state index is 1.04. The highest BCUT2D eigenvalue weighted by Gasteiger charge is 1.69. The molecule has 3 nitrogen and oxygen atoms in total. The molecule has 0 saturated carbocycles. The van der Waals surface area contributed by atoms with Gasteiger partial charge in [-0.05, 0) is 6.08 Å². The Kier molecular flexibility index (Phi) is 3.97. The van der Waals surface area contributed by atoms with E-state index in [0.29, 0.717) is 0 Å². The summed E-state index contributed by atoms with van der Waals surface area (Å²) in [6.07, 6.45) is 3.84. The lowest BCUT2D eigenvalue weighted by Gasteiger charge is -1.78. The summed E-state index contributed by atoms with van der Waals surface area (Å²) in [4.78, 5) is 0. The van der Waals surface area contributed by atoms with Crippen molar-refractivity contribution in [2.45, 2.75) is 0 Å². The van der Waals surface area contributed by atoms with Crippen molar-refractivity contribution in [3.63, 3.8) is 0 Å². The first kappa shape index (κ1) is 7.23. The first-order valence-electron chi connectivity index (χ1n) is 1.86. The molecular formula is C4H6O3S. The second-order valence-corrected chi connectivity index (χ2v) is 1.55. The highest BCUT2D eigenvalue weighted by Crippen LogP contribution is 1.75. The molecule has 0 amide bonds. The average molecular weight is 134 g/mol. The summed E-state index contributed by atoms with van der Waals surface area (Å²) in [7, 11) is -2.75. The molecule has 4 heteroatoms. The van der Waals surface area contributed by atoms with Crippen molar-refractivity contribution in [1.82, 2.24) is 0 Å². The third kappa shape index (κ3) is 5.23. The molecular weight excluding hydrogens is 128 g/mol. The first-order chi connectivity index (χ1) is 3.77. The molecule has 46 valence electrons. The summed E-state index contributed by atoms with van der Waals surface area (Å²) in [5, 5.41) is 0. The van der Waals surface area contributed by atoms with E-state index in [9.17, 15) is 8.42 Å². The molecule has 0 radical (unpaired) electrons. The molecule has 0 bridgehead atoms. The van der Waals surface area contributed by atoms with E-state index in [4.69, 9.17) is 0 Å². The number of thiol groups is 1. The molecule has 0 aromatic carbocycles. The first-order valence-corrected chi connectivity index (χ1v) is 2.95. The summed E-state index contributed by atoms with van der Waals surface area (Å²) in [5.41, 5.74) is 0. The van der Waals surface area contributed by atoms with Crippen LogP contribution in [0.1, 0.15) is 0 Å². The van der Waals surface area contributed by atoms with E-state index in [1.807, 2.05) is 0 Å². The van der Waals surface area contributed by atoms with E-state index in [-0.39, 0.29) is 0 Å². The zero-order valence-corrected chi connectivity index (χ0v) is 5.01. The molecule has 0 aliphatic rings. The predicted molar refractivity (Wildman–Crippen MR) is 30.7 cm³/mol. The van der Waals surface area contributed by atoms with Gasteiger partial charge in [0.05, 0.1) is 0 Å². The lowest BCUT2D eigenvalue weighted by molar-refractivity contribution is 0.467. The van der Waals surface area contributed by atoms with Crippen LogP contribution in [0.3, 0.4) is 0 Å². The van der Waals surface area contributed by atoms with Crippen LogP contribution in [0.4, 0.5) is 0 Å². The molecule has 0 saturated heterocycles. The van der Waals surface area contributed by atoms with Gasteiger partial charge < -0.3 is 4.18 Å². The fourth-order valence-corrected chi connectivity index (χ4v) is 0.310. The van der Waals surface area contributed by atoms with Gasteiger partial charge in [0, 0.05) is 0 Å². The number of hydrogen-bond donors (Lipinski definition) is 1. The van der Waals surface area contributed by atoms with Crippen molar-refractivity contribution in [1.29, 1.82) is 0 Å². The number of rotatable bonds is 3. The number of allylic oxidation sites excluding steroid dienone is 2. The smallest absolute Gasteiger partial charge is 0.298 e. The highest BCUT2D eigenvalue weighted by molar-refractivity contribution is 7.67. The normalized spacial score (nSPS) is 10.1. The van der Waals surface area contributed by atoms with E-state index < -0.39 is 11.0 Å². The second kappa shape index (κ2) is 4.39. The van der Waals surface area contributed by atoms with Gasteiger partial charge in [0.2, 0.25) is 0 Å². The molecule has 0 N–H and O–H groups in total. The van der Waals surface area contributed by atoms with Crippen LogP contribution in [0, 0.1) is 0 Å². The average Bonchev–Trinajstić information content (AvgIpc) is 1.66. The zero-order chi connectivity index (χ0) is 6.41. The Morgan fingerprint density at radius 3 is 2.50 bits per heavy atom. The van der Waals surface area contributed by atoms with E-state index in [1.165, 1.54) is 12.2 Å². The Morgan fingerprint density at radius 1 is 1.50 bits per heavy atom. The van der Waals surface area contributed by atoms with Gasteiger partial charge in [0.15, 0.2) is 0 Å². The molecule has 0 aliphatic carbocycles.